The van der Waals surface area contributed by atoms with Crippen LogP contribution in [0, 0.1) is 0 Å². The number of rotatable bonds is 2. The third-order valence-electron chi connectivity index (χ3n) is 0.795. The Morgan fingerprint density at radius 2 is 1.77 bits per heavy atom. The first-order valence-corrected chi connectivity index (χ1v) is 4.13. The molecule has 3 nitrogen and oxygen atoms in total. The molecule has 0 aliphatic heterocycles. The SMILES string of the molecule is CC.CC(Cl)=N/C(C(=O)O)=C(\C)F. The van der Waals surface area contributed by atoms with E-state index in [2.05, 4.69) is 4.99 Å². The Labute approximate surface area is 81.9 Å². The van der Waals surface area contributed by atoms with Crippen molar-refractivity contribution in [1.82, 2.24) is 0 Å². The highest BCUT2D eigenvalue weighted by Crippen LogP contribution is 2.08. The van der Waals surface area contributed by atoms with Crippen molar-refractivity contribution in [2.24, 2.45) is 4.99 Å². The molecule has 0 aromatic carbocycles. The summed E-state index contributed by atoms with van der Waals surface area (Å²) in [7, 11) is 0. The van der Waals surface area contributed by atoms with Gasteiger partial charge in [-0.2, -0.15) is 0 Å². The van der Waals surface area contributed by atoms with Crippen LogP contribution in [0.3, 0.4) is 0 Å². The van der Waals surface area contributed by atoms with Crippen LogP contribution in [-0.2, 0) is 4.79 Å². The summed E-state index contributed by atoms with van der Waals surface area (Å²) in [4.78, 5) is 13.5. The lowest BCUT2D eigenvalue weighted by Gasteiger charge is -1.93. The Kier molecular flexibility index (Phi) is 8.69. The first-order chi connectivity index (χ1) is 5.95. The van der Waals surface area contributed by atoms with Crippen LogP contribution in [0.4, 0.5) is 4.39 Å². The second-order valence-electron chi connectivity index (χ2n) is 1.80. The fraction of sp³-hybridized carbons (Fsp3) is 0.500. The quantitative estimate of drug-likeness (QED) is 0.562. The van der Waals surface area contributed by atoms with Gasteiger partial charge in [0.2, 0.25) is 0 Å². The van der Waals surface area contributed by atoms with Gasteiger partial charge in [-0.25, -0.2) is 14.2 Å². The van der Waals surface area contributed by atoms with Crippen molar-refractivity contribution < 1.29 is 14.3 Å². The van der Waals surface area contributed by atoms with Crippen molar-refractivity contribution in [3.05, 3.63) is 11.5 Å². The van der Waals surface area contributed by atoms with E-state index in [1.54, 1.807) is 0 Å². The molecule has 76 valence electrons. The molecule has 0 saturated heterocycles. The number of carboxylic acids is 1. The van der Waals surface area contributed by atoms with Gasteiger partial charge in [0.1, 0.15) is 11.0 Å². The van der Waals surface area contributed by atoms with E-state index in [-0.39, 0.29) is 5.17 Å². The van der Waals surface area contributed by atoms with Crippen molar-refractivity contribution in [2.45, 2.75) is 27.7 Å². The summed E-state index contributed by atoms with van der Waals surface area (Å²) in [6.45, 7) is 6.38. The molecule has 0 spiro atoms. The van der Waals surface area contributed by atoms with Gasteiger partial charge in [0, 0.05) is 0 Å². The smallest absolute Gasteiger partial charge is 0.357 e. The molecule has 0 saturated carbocycles. The molecule has 0 aliphatic carbocycles. The summed E-state index contributed by atoms with van der Waals surface area (Å²) in [6.07, 6.45) is 0. The average molecular weight is 210 g/mol. The van der Waals surface area contributed by atoms with Gasteiger partial charge in [0.25, 0.3) is 0 Å². The molecule has 1 N–H and O–H groups in total. The average Bonchev–Trinajstić information content (AvgIpc) is 2.03. The van der Waals surface area contributed by atoms with Gasteiger partial charge in [-0.05, 0) is 13.8 Å². The summed E-state index contributed by atoms with van der Waals surface area (Å²) in [5.41, 5.74) is -0.655. The van der Waals surface area contributed by atoms with E-state index < -0.39 is 17.5 Å². The zero-order valence-electron chi connectivity index (χ0n) is 8.06. The standard InChI is InChI=1S/C6H7ClFNO2.C2H6/c1-3(8)5(6(10)11)9-4(2)7;1-2/h1-2H3,(H,10,11);1-2H3/b5-3+,9-4?;. The van der Waals surface area contributed by atoms with E-state index in [1.807, 2.05) is 13.8 Å². The Bertz CT molecular complexity index is 228. The number of halogens is 2. The Morgan fingerprint density at radius 1 is 1.38 bits per heavy atom. The zero-order valence-corrected chi connectivity index (χ0v) is 8.81. The van der Waals surface area contributed by atoms with E-state index in [0.29, 0.717) is 0 Å². The Balaban J connectivity index is 0. The van der Waals surface area contributed by atoms with E-state index in [0.717, 1.165) is 6.92 Å². The number of hydrogen-bond acceptors (Lipinski definition) is 2. The van der Waals surface area contributed by atoms with Crippen LogP contribution in [0.15, 0.2) is 16.5 Å². The zero-order chi connectivity index (χ0) is 11.0. The monoisotopic (exact) mass is 209 g/mol. The minimum atomic E-state index is -1.43. The van der Waals surface area contributed by atoms with Crippen LogP contribution < -0.4 is 0 Å². The lowest BCUT2D eigenvalue weighted by Crippen LogP contribution is -2.00. The molecule has 0 unspecified atom stereocenters. The maximum atomic E-state index is 12.3. The second-order valence-corrected chi connectivity index (χ2v) is 2.34. The van der Waals surface area contributed by atoms with Crippen LogP contribution in [0.1, 0.15) is 27.7 Å². The number of hydrogen-bond donors (Lipinski definition) is 1. The molecule has 0 bridgehead atoms. The second kappa shape index (κ2) is 7.73. The fourth-order valence-electron chi connectivity index (χ4n) is 0.426. The Morgan fingerprint density at radius 3 is 1.85 bits per heavy atom. The number of nitrogens with zero attached hydrogens (tertiary/aromatic N) is 1. The maximum absolute atomic E-state index is 12.3. The summed E-state index contributed by atoms with van der Waals surface area (Å²) in [6, 6.07) is 0. The lowest BCUT2D eigenvalue weighted by atomic mass is 10.4. The molecule has 0 amide bonds. The highest BCUT2D eigenvalue weighted by molar-refractivity contribution is 6.65. The number of aliphatic carboxylic acids is 1. The van der Waals surface area contributed by atoms with Crippen molar-refractivity contribution in [3.63, 3.8) is 0 Å². The molecule has 0 rings (SSSR count). The molecule has 0 aromatic heterocycles. The Hall–Kier alpha value is -0.900. The highest BCUT2D eigenvalue weighted by Gasteiger charge is 2.09. The normalized spacial score (nSPS) is 12.6. The molecule has 0 radical (unpaired) electrons. The molecule has 13 heavy (non-hydrogen) atoms. The van der Waals surface area contributed by atoms with Crippen LogP contribution >= 0.6 is 11.6 Å². The highest BCUT2D eigenvalue weighted by atomic mass is 35.5. The predicted molar refractivity (Wildman–Crippen MR) is 51.8 cm³/mol. The van der Waals surface area contributed by atoms with Crippen LogP contribution in [0.5, 0.6) is 0 Å². The van der Waals surface area contributed by atoms with Crippen molar-refractivity contribution in [1.29, 1.82) is 0 Å². The molecule has 0 heterocycles. The third kappa shape index (κ3) is 7.46. The molecular weight excluding hydrogens is 197 g/mol. The lowest BCUT2D eigenvalue weighted by molar-refractivity contribution is -0.132. The van der Waals surface area contributed by atoms with E-state index >= 15 is 0 Å². The number of carboxylic acid groups (broad SMARTS) is 1. The van der Waals surface area contributed by atoms with Crippen molar-refractivity contribution in [3.8, 4) is 0 Å². The van der Waals surface area contributed by atoms with Crippen LogP contribution in [0.2, 0.25) is 0 Å². The van der Waals surface area contributed by atoms with Crippen LogP contribution in [-0.4, -0.2) is 16.2 Å². The number of carbonyl (C=O) groups is 1. The molecule has 0 atom stereocenters. The summed E-state index contributed by atoms with van der Waals surface area (Å²) in [5.74, 6) is -2.29. The van der Waals surface area contributed by atoms with Gasteiger partial charge < -0.3 is 5.11 Å². The largest absolute Gasteiger partial charge is 0.476 e. The van der Waals surface area contributed by atoms with E-state index in [4.69, 9.17) is 16.7 Å². The van der Waals surface area contributed by atoms with Crippen LogP contribution in [0.25, 0.3) is 0 Å². The number of aliphatic imine (C=N–C) groups is 1. The third-order valence-corrected chi connectivity index (χ3v) is 0.879. The van der Waals surface area contributed by atoms with Gasteiger partial charge in [-0.15, -0.1) is 0 Å². The number of allylic oxidation sites excluding steroid dienone is 1. The molecular formula is C8H13ClFNO2. The fourth-order valence-corrected chi connectivity index (χ4v) is 0.511. The molecule has 5 heteroatoms. The minimum absolute atomic E-state index is 0.0144. The van der Waals surface area contributed by atoms with Gasteiger partial charge in [0.15, 0.2) is 5.70 Å². The molecule has 0 fully saturated rings. The summed E-state index contributed by atoms with van der Waals surface area (Å²) >= 11 is 5.25. The van der Waals surface area contributed by atoms with Gasteiger partial charge in [-0.1, -0.05) is 25.4 Å². The maximum Gasteiger partial charge on any atom is 0.357 e. The van der Waals surface area contributed by atoms with E-state index in [1.165, 1.54) is 6.92 Å². The van der Waals surface area contributed by atoms with Gasteiger partial charge >= 0.3 is 5.97 Å². The molecule has 0 aromatic rings. The first kappa shape index (κ1) is 14.6. The van der Waals surface area contributed by atoms with E-state index in [9.17, 15) is 9.18 Å². The van der Waals surface area contributed by atoms with Crippen molar-refractivity contribution in [2.75, 3.05) is 0 Å². The van der Waals surface area contributed by atoms with Crippen molar-refractivity contribution >= 4 is 22.7 Å². The first-order valence-electron chi connectivity index (χ1n) is 3.75. The predicted octanol–water partition coefficient (Wildman–Crippen LogP) is 2.96. The molecule has 0 aliphatic rings. The van der Waals surface area contributed by atoms with Gasteiger partial charge in [0.05, 0.1) is 0 Å². The topological polar surface area (TPSA) is 49.7 Å². The summed E-state index contributed by atoms with van der Waals surface area (Å²) in [5, 5.41) is 8.31. The summed E-state index contributed by atoms with van der Waals surface area (Å²) < 4.78 is 12.3. The van der Waals surface area contributed by atoms with Gasteiger partial charge in [-0.3, -0.25) is 0 Å². The minimum Gasteiger partial charge on any atom is -0.476 e.